The lowest BCUT2D eigenvalue weighted by Crippen LogP contribution is -2.10. The van der Waals surface area contributed by atoms with Crippen LogP contribution >= 0.6 is 39.1 Å². The Morgan fingerprint density at radius 1 is 1.20 bits per heavy atom. The van der Waals surface area contributed by atoms with E-state index >= 15 is 0 Å². The Morgan fingerprint density at radius 2 is 2.00 bits per heavy atom. The summed E-state index contributed by atoms with van der Waals surface area (Å²) in [4.78, 5) is 4.41. The Bertz CT molecular complexity index is 787. The van der Waals surface area contributed by atoms with Crippen LogP contribution in [0.2, 0.25) is 10.0 Å². The molecule has 0 N–H and O–H groups in total. The number of hydrogen-bond donors (Lipinski definition) is 0. The fourth-order valence-electron chi connectivity index (χ4n) is 2.04. The van der Waals surface area contributed by atoms with Gasteiger partial charge in [0.1, 0.15) is 10.1 Å². The normalized spacial score (nSPS) is 12.8. The first-order chi connectivity index (χ1) is 9.56. The number of nitrogens with zero attached hydrogens (tertiary/aromatic N) is 4. The third-order valence-electron chi connectivity index (χ3n) is 3.07. The topological polar surface area (TPSA) is 43.6 Å². The molecule has 0 spiro atoms. The van der Waals surface area contributed by atoms with Gasteiger partial charge < -0.3 is 0 Å². The second-order valence-corrected chi connectivity index (χ2v) is 6.01. The van der Waals surface area contributed by atoms with Crippen molar-refractivity contribution >= 4 is 50.3 Å². The molecule has 0 unspecified atom stereocenters. The van der Waals surface area contributed by atoms with Crippen molar-refractivity contribution in [3.8, 4) is 0 Å². The van der Waals surface area contributed by atoms with Crippen LogP contribution < -0.4 is 0 Å². The molecule has 7 heteroatoms. The van der Waals surface area contributed by atoms with Crippen LogP contribution in [0.15, 0.2) is 34.9 Å². The molecule has 102 valence electrons. The van der Waals surface area contributed by atoms with E-state index in [9.17, 15) is 0 Å². The van der Waals surface area contributed by atoms with Gasteiger partial charge in [-0.2, -0.15) is 0 Å². The molecule has 0 saturated carbocycles. The first-order valence-corrected chi connectivity index (χ1v) is 7.43. The van der Waals surface area contributed by atoms with Crippen molar-refractivity contribution in [2.45, 2.75) is 13.0 Å². The molecule has 1 atom stereocenters. The monoisotopic (exact) mass is 370 g/mol. The fourth-order valence-corrected chi connectivity index (χ4v) is 2.90. The molecule has 0 amide bonds. The summed E-state index contributed by atoms with van der Waals surface area (Å²) in [5, 5.41) is 9.49. The molecular weight excluding hydrogens is 363 g/mol. The van der Waals surface area contributed by atoms with Gasteiger partial charge in [-0.3, -0.25) is 0 Å². The van der Waals surface area contributed by atoms with Crippen molar-refractivity contribution in [3.05, 3.63) is 50.5 Å². The van der Waals surface area contributed by atoms with Gasteiger partial charge in [-0.05, 0) is 52.7 Å². The molecule has 2 heterocycles. The molecule has 3 rings (SSSR count). The maximum absolute atomic E-state index is 6.25. The van der Waals surface area contributed by atoms with E-state index in [4.69, 9.17) is 23.2 Å². The number of halogens is 3. The number of pyridine rings is 1. The van der Waals surface area contributed by atoms with Crippen molar-refractivity contribution in [2.75, 3.05) is 0 Å². The third kappa shape index (κ3) is 2.41. The Morgan fingerprint density at radius 3 is 2.75 bits per heavy atom. The summed E-state index contributed by atoms with van der Waals surface area (Å²) in [6.45, 7) is 1.99. The van der Waals surface area contributed by atoms with Crippen molar-refractivity contribution in [2.24, 2.45) is 0 Å². The summed E-state index contributed by atoms with van der Waals surface area (Å²) in [6, 6.07) is 9.03. The quantitative estimate of drug-likeness (QED) is 0.622. The SMILES string of the molecule is C[C@H](c1ccc(Cl)cc1Cl)n1nnc2ccc(Br)nc21. The van der Waals surface area contributed by atoms with Crippen LogP contribution in [0.4, 0.5) is 0 Å². The molecular formula is C13H9BrCl2N4. The van der Waals surface area contributed by atoms with Gasteiger partial charge in [-0.1, -0.05) is 34.5 Å². The average molecular weight is 372 g/mol. The number of benzene rings is 1. The zero-order chi connectivity index (χ0) is 14.3. The minimum absolute atomic E-state index is 0.0911. The molecule has 0 aliphatic heterocycles. The molecule has 3 aromatic rings. The van der Waals surface area contributed by atoms with Gasteiger partial charge in [-0.15, -0.1) is 5.10 Å². The highest BCUT2D eigenvalue weighted by Gasteiger charge is 2.17. The van der Waals surface area contributed by atoms with E-state index in [1.807, 2.05) is 31.2 Å². The molecule has 0 aliphatic rings. The Balaban J connectivity index is 2.12. The lowest BCUT2D eigenvalue weighted by molar-refractivity contribution is 0.556. The number of fused-ring (bicyclic) bond motifs is 1. The summed E-state index contributed by atoms with van der Waals surface area (Å²) in [5.74, 6) is 0. The largest absolute Gasteiger partial charge is 0.220 e. The Hall–Kier alpha value is -1.17. The molecule has 4 nitrogen and oxygen atoms in total. The Kier molecular flexibility index (Phi) is 3.67. The number of hydrogen-bond acceptors (Lipinski definition) is 3. The van der Waals surface area contributed by atoms with Crippen molar-refractivity contribution in [3.63, 3.8) is 0 Å². The maximum atomic E-state index is 6.25. The molecule has 0 aliphatic carbocycles. The Labute approximate surface area is 133 Å². The molecule has 0 fully saturated rings. The number of aromatic nitrogens is 4. The zero-order valence-electron chi connectivity index (χ0n) is 10.4. The van der Waals surface area contributed by atoms with Crippen molar-refractivity contribution in [1.29, 1.82) is 0 Å². The van der Waals surface area contributed by atoms with Crippen LogP contribution in [0.5, 0.6) is 0 Å². The first-order valence-electron chi connectivity index (χ1n) is 5.88. The van der Waals surface area contributed by atoms with Crippen LogP contribution in [0.1, 0.15) is 18.5 Å². The van der Waals surface area contributed by atoms with Gasteiger partial charge in [-0.25, -0.2) is 9.67 Å². The highest BCUT2D eigenvalue weighted by molar-refractivity contribution is 9.10. The molecule has 0 radical (unpaired) electrons. The second kappa shape index (κ2) is 5.31. The van der Waals surface area contributed by atoms with E-state index in [0.29, 0.717) is 15.7 Å². The predicted octanol–water partition coefficient (Wildman–Crippen LogP) is 4.50. The van der Waals surface area contributed by atoms with E-state index in [0.717, 1.165) is 15.7 Å². The van der Waals surface area contributed by atoms with Crippen LogP contribution in [-0.4, -0.2) is 20.0 Å². The zero-order valence-corrected chi connectivity index (χ0v) is 13.5. The maximum Gasteiger partial charge on any atom is 0.180 e. The molecule has 1 aromatic carbocycles. The summed E-state index contributed by atoms with van der Waals surface area (Å²) in [5.41, 5.74) is 2.37. The summed E-state index contributed by atoms with van der Waals surface area (Å²) in [6.07, 6.45) is 0. The van der Waals surface area contributed by atoms with Crippen LogP contribution in [-0.2, 0) is 0 Å². The van der Waals surface area contributed by atoms with Crippen molar-refractivity contribution < 1.29 is 0 Å². The lowest BCUT2D eigenvalue weighted by Gasteiger charge is -2.14. The van der Waals surface area contributed by atoms with Gasteiger partial charge >= 0.3 is 0 Å². The van der Waals surface area contributed by atoms with E-state index in [2.05, 4.69) is 31.2 Å². The van der Waals surface area contributed by atoms with E-state index in [-0.39, 0.29) is 6.04 Å². The van der Waals surface area contributed by atoms with E-state index in [1.165, 1.54) is 0 Å². The van der Waals surface area contributed by atoms with Gasteiger partial charge in [0.25, 0.3) is 0 Å². The molecule has 20 heavy (non-hydrogen) atoms. The van der Waals surface area contributed by atoms with Crippen LogP contribution in [0.3, 0.4) is 0 Å². The summed E-state index contributed by atoms with van der Waals surface area (Å²) < 4.78 is 2.48. The van der Waals surface area contributed by atoms with Crippen molar-refractivity contribution in [1.82, 2.24) is 20.0 Å². The van der Waals surface area contributed by atoms with Gasteiger partial charge in [0.15, 0.2) is 5.65 Å². The minimum atomic E-state index is -0.0911. The lowest BCUT2D eigenvalue weighted by atomic mass is 10.1. The smallest absolute Gasteiger partial charge is 0.180 e. The predicted molar refractivity (Wildman–Crippen MR) is 83.3 cm³/mol. The third-order valence-corrected chi connectivity index (χ3v) is 4.07. The average Bonchev–Trinajstić information content (AvgIpc) is 2.81. The van der Waals surface area contributed by atoms with Crippen LogP contribution in [0.25, 0.3) is 11.2 Å². The van der Waals surface area contributed by atoms with Gasteiger partial charge in [0.05, 0.1) is 6.04 Å². The van der Waals surface area contributed by atoms with Crippen LogP contribution in [0, 0.1) is 0 Å². The summed E-state index contributed by atoms with van der Waals surface area (Å²) in [7, 11) is 0. The summed E-state index contributed by atoms with van der Waals surface area (Å²) >= 11 is 15.5. The highest BCUT2D eigenvalue weighted by Crippen LogP contribution is 2.29. The molecule has 0 bridgehead atoms. The van der Waals surface area contributed by atoms with Gasteiger partial charge in [0.2, 0.25) is 0 Å². The number of rotatable bonds is 2. The van der Waals surface area contributed by atoms with Gasteiger partial charge in [0, 0.05) is 10.0 Å². The minimum Gasteiger partial charge on any atom is -0.220 e. The van der Waals surface area contributed by atoms with E-state index < -0.39 is 0 Å². The highest BCUT2D eigenvalue weighted by atomic mass is 79.9. The molecule has 0 saturated heterocycles. The first kappa shape index (κ1) is 13.8. The fraction of sp³-hybridized carbons (Fsp3) is 0.154. The second-order valence-electron chi connectivity index (χ2n) is 4.35. The molecule has 2 aromatic heterocycles. The standard InChI is InChI=1S/C13H9BrCl2N4/c1-7(9-3-2-8(15)6-10(9)16)20-13-11(18-19-20)4-5-12(14)17-13/h2-7H,1H3/t7-/m1/s1. The van der Waals surface area contributed by atoms with E-state index in [1.54, 1.807) is 10.7 Å².